The molecule has 62 valence electrons. The van der Waals surface area contributed by atoms with E-state index in [0.717, 1.165) is 0 Å². The molecule has 0 aliphatic heterocycles. The second-order valence-corrected chi connectivity index (χ2v) is 3.30. The number of nitrogens with zero attached hydrogens (tertiary/aromatic N) is 1. The molecule has 0 aromatic rings. The van der Waals surface area contributed by atoms with E-state index in [9.17, 15) is 4.39 Å². The molecule has 1 unspecified atom stereocenters. The van der Waals surface area contributed by atoms with E-state index in [-0.39, 0.29) is 6.04 Å². The predicted molar refractivity (Wildman–Crippen MR) is 40.8 cm³/mol. The molecule has 1 fully saturated rings. The van der Waals surface area contributed by atoms with Crippen LogP contribution in [0.5, 0.6) is 0 Å². The molecule has 0 heterocycles. The SMILES string of the molecule is CC(CC#N)NCC1(F)CC1. The van der Waals surface area contributed by atoms with Gasteiger partial charge in [-0.25, -0.2) is 4.39 Å². The van der Waals surface area contributed by atoms with Gasteiger partial charge in [0, 0.05) is 12.6 Å². The Balaban J connectivity index is 2.07. The predicted octanol–water partition coefficient (Wildman–Crippen LogP) is 1.38. The Kier molecular flexibility index (Phi) is 2.45. The van der Waals surface area contributed by atoms with Crippen molar-refractivity contribution in [1.29, 1.82) is 5.26 Å². The number of hydrogen-bond acceptors (Lipinski definition) is 2. The number of nitrogens with one attached hydrogen (secondary N) is 1. The van der Waals surface area contributed by atoms with Crippen molar-refractivity contribution in [2.45, 2.75) is 37.9 Å². The van der Waals surface area contributed by atoms with Crippen LogP contribution in [0.25, 0.3) is 0 Å². The van der Waals surface area contributed by atoms with Gasteiger partial charge in [-0.05, 0) is 19.8 Å². The lowest BCUT2D eigenvalue weighted by atomic mass is 10.2. The molecule has 3 heteroatoms. The normalized spacial score (nSPS) is 22.3. The average Bonchev–Trinajstić information content (AvgIpc) is 2.66. The Morgan fingerprint density at radius 1 is 1.73 bits per heavy atom. The van der Waals surface area contributed by atoms with Gasteiger partial charge in [-0.3, -0.25) is 0 Å². The number of halogens is 1. The Hall–Kier alpha value is -0.620. The molecule has 0 radical (unpaired) electrons. The van der Waals surface area contributed by atoms with Crippen molar-refractivity contribution in [2.24, 2.45) is 0 Å². The molecular formula is C8H13FN2. The first-order valence-electron chi connectivity index (χ1n) is 3.95. The minimum absolute atomic E-state index is 0.119. The molecule has 0 bridgehead atoms. The van der Waals surface area contributed by atoms with Gasteiger partial charge in [0.1, 0.15) is 5.67 Å². The Labute approximate surface area is 66.4 Å². The molecule has 1 rings (SSSR count). The van der Waals surface area contributed by atoms with Crippen molar-refractivity contribution < 1.29 is 4.39 Å². The maximum atomic E-state index is 13.0. The number of alkyl halides is 1. The van der Waals surface area contributed by atoms with Gasteiger partial charge in [0.2, 0.25) is 0 Å². The molecule has 2 nitrogen and oxygen atoms in total. The van der Waals surface area contributed by atoms with Crippen molar-refractivity contribution >= 4 is 0 Å². The summed E-state index contributed by atoms with van der Waals surface area (Å²) >= 11 is 0. The molecule has 0 amide bonds. The monoisotopic (exact) mass is 156 g/mol. The maximum absolute atomic E-state index is 13.0. The molecule has 0 aromatic heterocycles. The zero-order chi connectivity index (χ0) is 8.32. The van der Waals surface area contributed by atoms with Crippen LogP contribution in [0.15, 0.2) is 0 Å². The first-order chi connectivity index (χ1) is 5.16. The van der Waals surface area contributed by atoms with Crippen LogP contribution in [-0.4, -0.2) is 18.3 Å². The van der Waals surface area contributed by atoms with E-state index in [4.69, 9.17) is 5.26 Å². The molecule has 1 atom stereocenters. The van der Waals surface area contributed by atoms with Crippen LogP contribution in [0.2, 0.25) is 0 Å². The highest BCUT2D eigenvalue weighted by atomic mass is 19.1. The van der Waals surface area contributed by atoms with Crippen LogP contribution in [0.3, 0.4) is 0 Å². The summed E-state index contributed by atoms with van der Waals surface area (Å²) in [6.07, 6.45) is 1.81. The summed E-state index contributed by atoms with van der Waals surface area (Å²) < 4.78 is 13.0. The standard InChI is InChI=1S/C8H13FN2/c1-7(2-5-10)11-6-8(9)3-4-8/h7,11H,2-4,6H2,1H3. The zero-order valence-corrected chi connectivity index (χ0v) is 6.73. The molecule has 1 aliphatic carbocycles. The van der Waals surface area contributed by atoms with Crippen LogP contribution in [-0.2, 0) is 0 Å². The van der Waals surface area contributed by atoms with Gasteiger partial charge in [-0.1, -0.05) is 0 Å². The van der Waals surface area contributed by atoms with Gasteiger partial charge in [-0.2, -0.15) is 5.26 Å². The summed E-state index contributed by atoms with van der Waals surface area (Å²) in [7, 11) is 0. The molecule has 11 heavy (non-hydrogen) atoms. The molecule has 1 saturated carbocycles. The maximum Gasteiger partial charge on any atom is 0.123 e. The van der Waals surface area contributed by atoms with Crippen LogP contribution in [0.4, 0.5) is 4.39 Å². The van der Waals surface area contributed by atoms with Crippen LogP contribution in [0.1, 0.15) is 26.2 Å². The molecule has 1 aliphatic rings. The van der Waals surface area contributed by atoms with E-state index in [1.165, 1.54) is 0 Å². The van der Waals surface area contributed by atoms with E-state index in [2.05, 4.69) is 5.32 Å². The van der Waals surface area contributed by atoms with Gasteiger partial charge < -0.3 is 5.32 Å². The lowest BCUT2D eigenvalue weighted by Crippen LogP contribution is -2.32. The van der Waals surface area contributed by atoms with Crippen LogP contribution >= 0.6 is 0 Å². The Morgan fingerprint density at radius 3 is 2.82 bits per heavy atom. The van der Waals surface area contributed by atoms with Crippen molar-refractivity contribution in [2.75, 3.05) is 6.54 Å². The molecule has 1 N–H and O–H groups in total. The summed E-state index contributed by atoms with van der Waals surface area (Å²) in [4.78, 5) is 0. The van der Waals surface area contributed by atoms with Crippen molar-refractivity contribution in [1.82, 2.24) is 5.32 Å². The van der Waals surface area contributed by atoms with Crippen LogP contribution < -0.4 is 5.32 Å². The van der Waals surface area contributed by atoms with Crippen molar-refractivity contribution in [3.63, 3.8) is 0 Å². The third-order valence-electron chi connectivity index (χ3n) is 1.96. The lowest BCUT2D eigenvalue weighted by molar-refractivity contribution is 0.286. The van der Waals surface area contributed by atoms with Crippen LogP contribution in [0, 0.1) is 11.3 Å². The molecular weight excluding hydrogens is 143 g/mol. The van der Waals surface area contributed by atoms with Gasteiger partial charge >= 0.3 is 0 Å². The third-order valence-corrected chi connectivity index (χ3v) is 1.96. The van der Waals surface area contributed by atoms with Gasteiger partial charge in [0.15, 0.2) is 0 Å². The quantitative estimate of drug-likeness (QED) is 0.667. The summed E-state index contributed by atoms with van der Waals surface area (Å²) in [6.45, 7) is 2.31. The fourth-order valence-corrected chi connectivity index (χ4v) is 0.879. The summed E-state index contributed by atoms with van der Waals surface area (Å²) in [6, 6.07) is 2.16. The fourth-order valence-electron chi connectivity index (χ4n) is 0.879. The highest BCUT2D eigenvalue weighted by Crippen LogP contribution is 2.38. The molecule has 0 aromatic carbocycles. The zero-order valence-electron chi connectivity index (χ0n) is 6.73. The van der Waals surface area contributed by atoms with Gasteiger partial charge in [-0.15, -0.1) is 0 Å². The second-order valence-electron chi connectivity index (χ2n) is 3.30. The third kappa shape index (κ3) is 2.85. The minimum atomic E-state index is -0.941. The number of hydrogen-bond donors (Lipinski definition) is 1. The van der Waals surface area contributed by atoms with E-state index >= 15 is 0 Å². The van der Waals surface area contributed by atoms with E-state index < -0.39 is 5.67 Å². The largest absolute Gasteiger partial charge is 0.310 e. The molecule has 0 spiro atoms. The number of nitriles is 1. The topological polar surface area (TPSA) is 35.8 Å². The summed E-state index contributed by atoms with van der Waals surface area (Å²) in [5.41, 5.74) is -0.941. The summed E-state index contributed by atoms with van der Waals surface area (Å²) in [5.74, 6) is 0. The van der Waals surface area contributed by atoms with Gasteiger partial charge in [0.05, 0.1) is 12.5 Å². The number of rotatable bonds is 4. The Bertz CT molecular complexity index is 169. The smallest absolute Gasteiger partial charge is 0.123 e. The highest BCUT2D eigenvalue weighted by Gasteiger charge is 2.42. The van der Waals surface area contributed by atoms with E-state index in [1.54, 1.807) is 0 Å². The fraction of sp³-hybridized carbons (Fsp3) is 0.875. The Morgan fingerprint density at radius 2 is 2.36 bits per heavy atom. The first kappa shape index (κ1) is 8.48. The molecule has 0 saturated heterocycles. The summed E-state index contributed by atoms with van der Waals surface area (Å²) in [5, 5.41) is 11.3. The average molecular weight is 156 g/mol. The van der Waals surface area contributed by atoms with Gasteiger partial charge in [0.25, 0.3) is 0 Å². The van der Waals surface area contributed by atoms with Crippen molar-refractivity contribution in [3.05, 3.63) is 0 Å². The lowest BCUT2D eigenvalue weighted by Gasteiger charge is -2.11. The first-order valence-corrected chi connectivity index (χ1v) is 3.95. The van der Waals surface area contributed by atoms with Crippen molar-refractivity contribution in [3.8, 4) is 6.07 Å². The highest BCUT2D eigenvalue weighted by molar-refractivity contribution is 4.96. The van der Waals surface area contributed by atoms with E-state index in [0.29, 0.717) is 25.8 Å². The second kappa shape index (κ2) is 3.19. The minimum Gasteiger partial charge on any atom is -0.310 e. The van der Waals surface area contributed by atoms with E-state index in [1.807, 2.05) is 13.0 Å².